The summed E-state index contributed by atoms with van der Waals surface area (Å²) < 4.78 is 5.89. The van der Waals surface area contributed by atoms with Crippen molar-refractivity contribution in [2.75, 3.05) is 0 Å². The first-order valence-corrected chi connectivity index (χ1v) is 7.36. The van der Waals surface area contributed by atoms with Crippen molar-refractivity contribution in [1.29, 1.82) is 0 Å². The number of nitrogens with zero attached hydrogens (tertiary/aromatic N) is 1. The normalized spacial score (nSPS) is 10.7. The number of rotatable bonds is 4. The van der Waals surface area contributed by atoms with Gasteiger partial charge in [0.2, 0.25) is 0 Å². The van der Waals surface area contributed by atoms with Crippen molar-refractivity contribution in [2.45, 2.75) is 33.1 Å². The Bertz CT molecular complexity index is 525. The number of thiazole rings is 1. The molecule has 0 unspecified atom stereocenters. The van der Waals surface area contributed by atoms with Crippen LogP contribution in [0.2, 0.25) is 0 Å². The average molecular weight is 279 g/mol. The first kappa shape index (κ1) is 13.4. The van der Waals surface area contributed by atoms with Crippen LogP contribution >= 0.6 is 24.0 Å². The molecule has 0 saturated carbocycles. The summed E-state index contributed by atoms with van der Waals surface area (Å²) >= 11 is 5.83. The van der Waals surface area contributed by atoms with Gasteiger partial charge in [0.1, 0.15) is 17.4 Å². The number of aryl methyl sites for hydroxylation is 3. The predicted molar refractivity (Wildman–Crippen MR) is 79.8 cm³/mol. The van der Waals surface area contributed by atoms with Crippen molar-refractivity contribution in [3.63, 3.8) is 0 Å². The summed E-state index contributed by atoms with van der Waals surface area (Å²) in [6, 6.07) is 4.28. The molecule has 18 heavy (non-hydrogen) atoms. The summed E-state index contributed by atoms with van der Waals surface area (Å²) in [4.78, 5) is 4.44. The third-order valence-corrected chi connectivity index (χ3v) is 3.90. The van der Waals surface area contributed by atoms with Crippen LogP contribution in [0.1, 0.15) is 27.4 Å². The van der Waals surface area contributed by atoms with E-state index in [4.69, 9.17) is 4.74 Å². The highest BCUT2D eigenvalue weighted by molar-refractivity contribution is 7.79. The maximum atomic E-state index is 5.89. The van der Waals surface area contributed by atoms with Crippen molar-refractivity contribution in [3.8, 4) is 5.75 Å². The highest BCUT2D eigenvalue weighted by atomic mass is 32.1. The maximum absolute atomic E-state index is 5.89. The molecule has 0 atom stereocenters. The Morgan fingerprint density at radius 1 is 1.22 bits per heavy atom. The van der Waals surface area contributed by atoms with E-state index < -0.39 is 0 Å². The zero-order valence-corrected chi connectivity index (χ0v) is 12.6. The molecular weight excluding hydrogens is 262 g/mol. The van der Waals surface area contributed by atoms with Crippen LogP contribution in [-0.2, 0) is 12.4 Å². The lowest BCUT2D eigenvalue weighted by molar-refractivity contribution is 0.301. The Morgan fingerprint density at radius 3 is 2.44 bits per heavy atom. The highest BCUT2D eigenvalue weighted by Crippen LogP contribution is 2.26. The van der Waals surface area contributed by atoms with E-state index >= 15 is 0 Å². The van der Waals surface area contributed by atoms with E-state index in [1.165, 1.54) is 16.7 Å². The molecule has 4 heteroatoms. The molecule has 1 heterocycles. The molecule has 2 aromatic rings. The van der Waals surface area contributed by atoms with Gasteiger partial charge in [-0.3, -0.25) is 0 Å². The summed E-state index contributed by atoms with van der Waals surface area (Å²) in [5.41, 5.74) is 4.64. The minimum absolute atomic E-state index is 0.531. The lowest BCUT2D eigenvalue weighted by atomic mass is 10.1. The van der Waals surface area contributed by atoms with E-state index in [1.54, 1.807) is 11.3 Å². The fraction of sp³-hybridized carbons (Fsp3) is 0.357. The van der Waals surface area contributed by atoms with Gasteiger partial charge in [0, 0.05) is 11.1 Å². The molecule has 0 bridgehead atoms. The van der Waals surface area contributed by atoms with Crippen LogP contribution in [0, 0.1) is 20.8 Å². The molecule has 0 saturated heterocycles. The minimum atomic E-state index is 0.531. The summed E-state index contributed by atoms with van der Waals surface area (Å²) in [5.74, 6) is 1.65. The molecular formula is C14H17NOS2. The van der Waals surface area contributed by atoms with Gasteiger partial charge in [-0.05, 0) is 31.9 Å². The van der Waals surface area contributed by atoms with Gasteiger partial charge in [0.15, 0.2) is 0 Å². The van der Waals surface area contributed by atoms with Crippen molar-refractivity contribution in [3.05, 3.63) is 44.9 Å². The Balaban J connectivity index is 2.10. The number of benzene rings is 1. The van der Waals surface area contributed by atoms with Crippen LogP contribution in [0.4, 0.5) is 0 Å². The molecule has 0 spiro atoms. The van der Waals surface area contributed by atoms with Crippen LogP contribution in [0.5, 0.6) is 5.75 Å². The quantitative estimate of drug-likeness (QED) is 0.852. The van der Waals surface area contributed by atoms with E-state index in [0.717, 1.165) is 16.5 Å². The lowest BCUT2D eigenvalue weighted by Gasteiger charge is -2.12. The maximum Gasteiger partial charge on any atom is 0.140 e. The van der Waals surface area contributed by atoms with E-state index in [2.05, 4.69) is 50.5 Å². The molecule has 0 amide bonds. The second-order valence-corrected chi connectivity index (χ2v) is 5.67. The summed E-state index contributed by atoms with van der Waals surface area (Å²) in [5, 5.41) is 3.03. The standard InChI is InChI=1S/C14H17NOS2/c1-9-4-10(2)14(11(3)5-9)16-6-13-15-12(7-17)8-18-13/h4-5,8,17H,6-7H2,1-3H3. The van der Waals surface area contributed by atoms with E-state index in [1.807, 2.05) is 5.38 Å². The number of aromatic nitrogens is 1. The van der Waals surface area contributed by atoms with Crippen molar-refractivity contribution in [2.24, 2.45) is 0 Å². The molecule has 0 N–H and O–H groups in total. The Kier molecular flexibility index (Phi) is 4.30. The molecule has 0 aliphatic carbocycles. The van der Waals surface area contributed by atoms with Gasteiger partial charge < -0.3 is 4.74 Å². The number of ether oxygens (including phenoxy) is 1. The Labute approximate surface area is 117 Å². The fourth-order valence-corrected chi connectivity index (χ4v) is 3.01. The number of thiol groups is 1. The monoisotopic (exact) mass is 279 g/mol. The first-order chi connectivity index (χ1) is 8.60. The van der Waals surface area contributed by atoms with Crippen molar-refractivity contribution in [1.82, 2.24) is 4.98 Å². The molecule has 0 aliphatic heterocycles. The molecule has 0 radical (unpaired) electrons. The second kappa shape index (κ2) is 5.76. The highest BCUT2D eigenvalue weighted by Gasteiger charge is 2.07. The predicted octanol–water partition coefficient (Wildman–Crippen LogP) is 4.08. The largest absolute Gasteiger partial charge is 0.486 e. The van der Waals surface area contributed by atoms with Gasteiger partial charge in [0.25, 0.3) is 0 Å². The third kappa shape index (κ3) is 3.06. The Morgan fingerprint density at radius 2 is 1.89 bits per heavy atom. The molecule has 2 rings (SSSR count). The number of hydrogen-bond donors (Lipinski definition) is 1. The first-order valence-electron chi connectivity index (χ1n) is 5.85. The lowest BCUT2D eigenvalue weighted by Crippen LogP contribution is -1.99. The molecule has 96 valence electrons. The summed E-state index contributed by atoms with van der Waals surface area (Å²) in [6.45, 7) is 6.79. The van der Waals surface area contributed by atoms with E-state index in [-0.39, 0.29) is 0 Å². The molecule has 2 nitrogen and oxygen atoms in total. The fourth-order valence-electron chi connectivity index (χ4n) is 2.02. The number of hydrogen-bond acceptors (Lipinski definition) is 4. The van der Waals surface area contributed by atoms with Gasteiger partial charge >= 0.3 is 0 Å². The molecule has 0 fully saturated rings. The van der Waals surface area contributed by atoms with Crippen LogP contribution in [0.15, 0.2) is 17.5 Å². The van der Waals surface area contributed by atoms with Gasteiger partial charge in [-0.15, -0.1) is 11.3 Å². The van der Waals surface area contributed by atoms with Crippen molar-refractivity contribution >= 4 is 24.0 Å². The van der Waals surface area contributed by atoms with E-state index in [9.17, 15) is 0 Å². The van der Waals surface area contributed by atoms with Gasteiger partial charge in [-0.2, -0.15) is 12.6 Å². The molecule has 1 aromatic carbocycles. The van der Waals surface area contributed by atoms with Gasteiger partial charge in [0.05, 0.1) is 5.69 Å². The second-order valence-electron chi connectivity index (χ2n) is 4.41. The van der Waals surface area contributed by atoms with Crippen molar-refractivity contribution < 1.29 is 4.74 Å². The van der Waals surface area contributed by atoms with E-state index in [0.29, 0.717) is 12.4 Å². The smallest absolute Gasteiger partial charge is 0.140 e. The summed E-state index contributed by atoms with van der Waals surface area (Å²) in [6.07, 6.45) is 0. The van der Waals surface area contributed by atoms with Crippen LogP contribution in [-0.4, -0.2) is 4.98 Å². The van der Waals surface area contributed by atoms with Gasteiger partial charge in [-0.1, -0.05) is 17.7 Å². The minimum Gasteiger partial charge on any atom is -0.486 e. The topological polar surface area (TPSA) is 22.1 Å². The van der Waals surface area contributed by atoms with Gasteiger partial charge in [-0.25, -0.2) is 4.98 Å². The SMILES string of the molecule is Cc1cc(C)c(OCc2nc(CS)cs2)c(C)c1. The molecule has 0 aliphatic rings. The average Bonchev–Trinajstić information content (AvgIpc) is 2.75. The van der Waals surface area contributed by atoms with Crippen LogP contribution in [0.3, 0.4) is 0 Å². The molecule has 1 aromatic heterocycles. The van der Waals surface area contributed by atoms with Crippen LogP contribution < -0.4 is 4.74 Å². The zero-order chi connectivity index (χ0) is 13.1. The van der Waals surface area contributed by atoms with Crippen LogP contribution in [0.25, 0.3) is 0 Å². The third-order valence-electron chi connectivity index (χ3n) is 2.71. The Hall–Kier alpha value is -1.00. The summed E-state index contributed by atoms with van der Waals surface area (Å²) in [7, 11) is 0. The zero-order valence-electron chi connectivity index (χ0n) is 10.9.